The zero-order chi connectivity index (χ0) is 42.8. The number of unbranched alkanes of at least 4 members (excludes halogenated alkanes) is 35. The van der Waals surface area contributed by atoms with Crippen molar-refractivity contribution in [1.82, 2.24) is 5.32 Å². The maximum atomic E-state index is 12.4. The quantitative estimate of drug-likeness (QED) is 0.0423. The highest BCUT2D eigenvalue weighted by Gasteiger charge is 2.17. The number of allylic oxidation sites excluding steroid dienone is 7. The van der Waals surface area contributed by atoms with Crippen LogP contribution in [-0.2, 0) is 4.79 Å². The molecule has 346 valence electrons. The maximum absolute atomic E-state index is 12.4. The Morgan fingerprint density at radius 1 is 0.407 bits per heavy atom. The van der Waals surface area contributed by atoms with Crippen LogP contribution in [0.3, 0.4) is 0 Å². The first kappa shape index (κ1) is 57.3. The molecule has 0 spiro atoms. The monoisotopic (exact) mass is 826 g/mol. The van der Waals surface area contributed by atoms with E-state index >= 15 is 0 Å². The van der Waals surface area contributed by atoms with Gasteiger partial charge in [-0.2, -0.15) is 0 Å². The number of nitrogens with one attached hydrogen (secondary N) is 1. The Bertz CT molecular complexity index is 939. The van der Waals surface area contributed by atoms with Gasteiger partial charge in [0.2, 0.25) is 5.91 Å². The van der Waals surface area contributed by atoms with Gasteiger partial charge in [0.1, 0.15) is 0 Å². The van der Waals surface area contributed by atoms with Gasteiger partial charge in [0.15, 0.2) is 0 Å². The number of hydrogen-bond donors (Lipinski definition) is 3. The molecule has 0 bridgehead atoms. The summed E-state index contributed by atoms with van der Waals surface area (Å²) >= 11 is 0. The van der Waals surface area contributed by atoms with Crippen LogP contribution < -0.4 is 5.32 Å². The van der Waals surface area contributed by atoms with Crippen LogP contribution in [0.4, 0.5) is 0 Å². The highest BCUT2D eigenvalue weighted by atomic mass is 16.3. The molecule has 0 aliphatic carbocycles. The predicted octanol–water partition coefficient (Wildman–Crippen LogP) is 17.1. The summed E-state index contributed by atoms with van der Waals surface area (Å²) in [6.07, 6.45) is 69.7. The fourth-order valence-corrected chi connectivity index (χ4v) is 7.99. The van der Waals surface area contributed by atoms with Crippen LogP contribution >= 0.6 is 0 Å². The van der Waals surface area contributed by atoms with E-state index in [1.165, 1.54) is 218 Å². The van der Waals surface area contributed by atoms with E-state index in [-0.39, 0.29) is 12.5 Å². The minimum absolute atomic E-state index is 0.0770. The predicted molar refractivity (Wildman–Crippen MR) is 262 cm³/mol. The lowest BCUT2D eigenvalue weighted by atomic mass is 10.0. The highest BCUT2D eigenvalue weighted by Crippen LogP contribution is 2.16. The van der Waals surface area contributed by atoms with Gasteiger partial charge in [0, 0.05) is 6.42 Å². The second-order valence-electron chi connectivity index (χ2n) is 17.9. The van der Waals surface area contributed by atoms with E-state index in [2.05, 4.69) is 55.6 Å². The van der Waals surface area contributed by atoms with Crippen LogP contribution in [0.1, 0.15) is 277 Å². The zero-order valence-electron chi connectivity index (χ0n) is 39.8. The molecule has 0 aliphatic rings. The maximum Gasteiger partial charge on any atom is 0.220 e. The fraction of sp³-hybridized carbons (Fsp3) is 0.836. The number of aliphatic hydroxyl groups excluding tert-OH is 2. The molecule has 59 heavy (non-hydrogen) atoms. The average molecular weight is 826 g/mol. The summed E-state index contributed by atoms with van der Waals surface area (Å²) in [5.74, 6) is -0.0770. The molecule has 0 radical (unpaired) electrons. The molecule has 4 heteroatoms. The molecule has 3 N–H and O–H groups in total. The van der Waals surface area contributed by atoms with Crippen molar-refractivity contribution in [2.45, 2.75) is 289 Å². The molecule has 0 heterocycles. The number of aliphatic hydroxyl groups is 2. The Kier molecular flexibility index (Phi) is 49.3. The molecule has 2 unspecified atom stereocenters. The Hall–Kier alpha value is -1.65. The number of rotatable bonds is 48. The van der Waals surface area contributed by atoms with E-state index in [4.69, 9.17) is 0 Å². The summed E-state index contributed by atoms with van der Waals surface area (Å²) in [6.45, 7) is 4.29. The molecule has 2 atom stereocenters. The van der Waals surface area contributed by atoms with Gasteiger partial charge in [0.05, 0.1) is 18.8 Å². The van der Waals surface area contributed by atoms with Gasteiger partial charge in [-0.3, -0.25) is 4.79 Å². The molecule has 4 nitrogen and oxygen atoms in total. The molecule has 0 aliphatic heterocycles. The summed E-state index contributed by atoms with van der Waals surface area (Å²) in [5.41, 5.74) is 0. The molecule has 0 saturated carbocycles. The van der Waals surface area contributed by atoms with Gasteiger partial charge in [-0.25, -0.2) is 0 Å². The van der Waals surface area contributed by atoms with E-state index in [0.717, 1.165) is 38.5 Å². The van der Waals surface area contributed by atoms with E-state index in [1.54, 1.807) is 6.08 Å². The van der Waals surface area contributed by atoms with E-state index in [1.807, 2.05) is 6.08 Å². The topological polar surface area (TPSA) is 69.6 Å². The SMILES string of the molecule is CCCCC/C=C\C/C=C\CCCCCCCCCCCC(=O)NC(CO)C(O)/C=C/CC/C=C/CCCCCCCCCCCCCCCCCCCCCCCC. The van der Waals surface area contributed by atoms with Crippen LogP contribution in [0.2, 0.25) is 0 Å². The Morgan fingerprint density at radius 2 is 0.712 bits per heavy atom. The van der Waals surface area contributed by atoms with Gasteiger partial charge in [-0.15, -0.1) is 0 Å². The molecule has 0 rings (SSSR count). The van der Waals surface area contributed by atoms with E-state index in [9.17, 15) is 15.0 Å². The Labute approximate surface area is 369 Å². The molecule has 0 saturated heterocycles. The van der Waals surface area contributed by atoms with Gasteiger partial charge in [-0.1, -0.05) is 255 Å². The lowest BCUT2D eigenvalue weighted by Gasteiger charge is -2.19. The van der Waals surface area contributed by atoms with Crippen molar-refractivity contribution in [1.29, 1.82) is 0 Å². The summed E-state index contributed by atoms with van der Waals surface area (Å²) in [4.78, 5) is 12.4. The normalized spacial score (nSPS) is 13.2. The number of hydrogen-bond acceptors (Lipinski definition) is 3. The van der Waals surface area contributed by atoms with Crippen molar-refractivity contribution in [3.05, 3.63) is 48.6 Å². The molecular weight excluding hydrogens is 723 g/mol. The molecule has 0 fully saturated rings. The summed E-state index contributed by atoms with van der Waals surface area (Å²) < 4.78 is 0. The van der Waals surface area contributed by atoms with Crippen molar-refractivity contribution in [3.63, 3.8) is 0 Å². The summed E-state index contributed by atoms with van der Waals surface area (Å²) in [6, 6.07) is -0.643. The minimum atomic E-state index is -0.865. The number of carbonyl (C=O) groups excluding carboxylic acids is 1. The van der Waals surface area contributed by atoms with Crippen LogP contribution in [0.15, 0.2) is 48.6 Å². The van der Waals surface area contributed by atoms with Gasteiger partial charge >= 0.3 is 0 Å². The zero-order valence-corrected chi connectivity index (χ0v) is 39.8. The highest BCUT2D eigenvalue weighted by molar-refractivity contribution is 5.76. The van der Waals surface area contributed by atoms with Gasteiger partial charge < -0.3 is 15.5 Å². The standard InChI is InChI=1S/C55H103NO3/c1-3-5-7-9-11-13-15-17-19-21-23-24-25-26-27-28-29-30-31-33-34-36-38-40-42-44-46-48-50-54(58)53(52-57)56-55(59)51-49-47-45-43-41-39-37-35-32-22-20-18-16-14-12-10-8-6-4-2/h12,14,18,20,40,42,48,50,53-54,57-58H,3-11,13,15-17,19,21-39,41,43-47,49,51-52H2,1-2H3,(H,56,59)/b14-12-,20-18-,42-40+,50-48+. The van der Waals surface area contributed by atoms with E-state index in [0.29, 0.717) is 6.42 Å². The number of amides is 1. The average Bonchev–Trinajstić information content (AvgIpc) is 3.24. The third kappa shape index (κ3) is 47.3. The lowest BCUT2D eigenvalue weighted by Crippen LogP contribution is -2.45. The first-order chi connectivity index (χ1) is 29.2. The summed E-state index contributed by atoms with van der Waals surface area (Å²) in [5, 5.41) is 23.1. The van der Waals surface area contributed by atoms with Crippen molar-refractivity contribution in [2.24, 2.45) is 0 Å². The molecule has 0 aromatic carbocycles. The second kappa shape index (κ2) is 50.7. The molecular formula is C55H103NO3. The minimum Gasteiger partial charge on any atom is -0.394 e. The first-order valence-electron chi connectivity index (χ1n) is 26.4. The van der Waals surface area contributed by atoms with Crippen LogP contribution in [-0.4, -0.2) is 34.9 Å². The third-order valence-electron chi connectivity index (χ3n) is 12.0. The van der Waals surface area contributed by atoms with E-state index < -0.39 is 12.1 Å². The van der Waals surface area contributed by atoms with Crippen LogP contribution in [0, 0.1) is 0 Å². The van der Waals surface area contributed by atoms with Gasteiger partial charge in [-0.05, 0) is 64.2 Å². The van der Waals surface area contributed by atoms with Crippen LogP contribution in [0.25, 0.3) is 0 Å². The summed E-state index contributed by atoms with van der Waals surface area (Å²) in [7, 11) is 0. The largest absolute Gasteiger partial charge is 0.394 e. The van der Waals surface area contributed by atoms with Crippen molar-refractivity contribution in [2.75, 3.05) is 6.61 Å². The second-order valence-corrected chi connectivity index (χ2v) is 17.9. The van der Waals surface area contributed by atoms with Gasteiger partial charge in [0.25, 0.3) is 0 Å². The fourth-order valence-electron chi connectivity index (χ4n) is 7.99. The smallest absolute Gasteiger partial charge is 0.220 e. The Morgan fingerprint density at radius 3 is 1.12 bits per heavy atom. The molecule has 1 amide bonds. The lowest BCUT2D eigenvalue weighted by molar-refractivity contribution is -0.123. The first-order valence-corrected chi connectivity index (χ1v) is 26.4. The number of carbonyl (C=O) groups is 1. The molecule has 0 aromatic heterocycles. The van der Waals surface area contributed by atoms with Crippen molar-refractivity contribution < 1.29 is 15.0 Å². The Balaban J connectivity index is 3.54. The third-order valence-corrected chi connectivity index (χ3v) is 12.0. The van der Waals surface area contributed by atoms with Crippen molar-refractivity contribution >= 4 is 5.91 Å². The van der Waals surface area contributed by atoms with Crippen molar-refractivity contribution in [3.8, 4) is 0 Å². The molecule has 0 aromatic rings. The van der Waals surface area contributed by atoms with Crippen LogP contribution in [0.5, 0.6) is 0 Å².